The molecule has 4 nitrogen and oxygen atoms in total. The summed E-state index contributed by atoms with van der Waals surface area (Å²) >= 11 is 3.43. The van der Waals surface area contributed by atoms with Crippen LogP contribution in [0.2, 0.25) is 0 Å². The molecule has 13 heavy (non-hydrogen) atoms. The first-order chi connectivity index (χ1) is 6.20. The topological polar surface area (TPSA) is 44.2 Å². The second-order valence-electron chi connectivity index (χ2n) is 2.42. The Morgan fingerprint density at radius 1 is 1.23 bits per heavy atom. The Labute approximate surface area is 85.4 Å². The van der Waals surface area contributed by atoms with Gasteiger partial charge in [0, 0.05) is 4.83 Å². The lowest BCUT2D eigenvalue weighted by Crippen LogP contribution is -2.01. The lowest BCUT2D eigenvalue weighted by Gasteiger charge is -2.11. The second kappa shape index (κ2) is 4.41. The van der Waals surface area contributed by atoms with E-state index >= 15 is 0 Å². The van der Waals surface area contributed by atoms with Gasteiger partial charge in [0.05, 0.1) is 19.8 Å². The van der Waals surface area contributed by atoms with Crippen molar-refractivity contribution in [3.8, 4) is 11.8 Å². The molecule has 5 heteroatoms. The smallest absolute Gasteiger partial charge is 0.224 e. The van der Waals surface area contributed by atoms with Crippen LogP contribution in [0.15, 0.2) is 6.33 Å². The maximum Gasteiger partial charge on any atom is 0.224 e. The minimum Gasteiger partial charge on any atom is -0.481 e. The fourth-order valence-electron chi connectivity index (χ4n) is 1.03. The molecule has 1 rings (SSSR count). The molecular formula is C8H11BrN2O2. The van der Waals surface area contributed by atoms with E-state index in [9.17, 15) is 0 Å². The third kappa shape index (κ3) is 2.09. The van der Waals surface area contributed by atoms with Crippen LogP contribution in [0.25, 0.3) is 0 Å². The first-order valence-electron chi connectivity index (χ1n) is 3.77. The van der Waals surface area contributed by atoms with Crippen LogP contribution < -0.4 is 9.47 Å². The van der Waals surface area contributed by atoms with E-state index in [0.29, 0.717) is 11.8 Å². The monoisotopic (exact) mass is 246 g/mol. The number of nitrogens with zero attached hydrogens (tertiary/aromatic N) is 2. The highest BCUT2D eigenvalue weighted by Gasteiger charge is 2.16. The van der Waals surface area contributed by atoms with Crippen LogP contribution in [0.5, 0.6) is 11.8 Å². The van der Waals surface area contributed by atoms with Crippen molar-refractivity contribution in [3.05, 3.63) is 11.9 Å². The number of alkyl halides is 1. The van der Waals surface area contributed by atoms with Gasteiger partial charge < -0.3 is 9.47 Å². The highest BCUT2D eigenvalue weighted by molar-refractivity contribution is 9.09. The van der Waals surface area contributed by atoms with Crippen LogP contribution in [0.4, 0.5) is 0 Å². The summed E-state index contributed by atoms with van der Waals surface area (Å²) < 4.78 is 10.2. The third-order valence-corrected chi connectivity index (χ3v) is 2.05. The molecule has 0 saturated carbocycles. The molecule has 0 aliphatic heterocycles. The van der Waals surface area contributed by atoms with Crippen molar-refractivity contribution in [2.24, 2.45) is 0 Å². The van der Waals surface area contributed by atoms with E-state index in [1.807, 2.05) is 6.92 Å². The molecule has 0 aliphatic rings. The number of hydrogen-bond acceptors (Lipinski definition) is 4. The molecule has 0 spiro atoms. The van der Waals surface area contributed by atoms with Gasteiger partial charge in [-0.25, -0.2) is 9.97 Å². The van der Waals surface area contributed by atoms with Gasteiger partial charge in [0.2, 0.25) is 11.8 Å². The summed E-state index contributed by atoms with van der Waals surface area (Å²) in [6, 6.07) is 0. The molecule has 1 atom stereocenters. The van der Waals surface area contributed by atoms with Crippen molar-refractivity contribution in [1.82, 2.24) is 9.97 Å². The van der Waals surface area contributed by atoms with Gasteiger partial charge in [-0.1, -0.05) is 15.9 Å². The Kier molecular flexibility index (Phi) is 3.48. The van der Waals surface area contributed by atoms with E-state index in [1.54, 1.807) is 14.2 Å². The number of hydrogen-bond donors (Lipinski definition) is 0. The molecule has 0 radical (unpaired) electrons. The van der Waals surface area contributed by atoms with Crippen molar-refractivity contribution in [2.75, 3.05) is 14.2 Å². The second-order valence-corrected chi connectivity index (χ2v) is 3.80. The van der Waals surface area contributed by atoms with Crippen molar-refractivity contribution >= 4 is 15.9 Å². The fourth-order valence-corrected chi connectivity index (χ4v) is 1.42. The Hall–Kier alpha value is -0.840. The van der Waals surface area contributed by atoms with E-state index < -0.39 is 0 Å². The molecule has 1 unspecified atom stereocenters. The van der Waals surface area contributed by atoms with E-state index in [-0.39, 0.29) is 4.83 Å². The zero-order chi connectivity index (χ0) is 9.84. The third-order valence-electron chi connectivity index (χ3n) is 1.60. The maximum atomic E-state index is 5.09. The van der Waals surface area contributed by atoms with Crippen LogP contribution >= 0.6 is 15.9 Å². The minimum absolute atomic E-state index is 0.0959. The van der Waals surface area contributed by atoms with Gasteiger partial charge in [-0.3, -0.25) is 0 Å². The quantitative estimate of drug-likeness (QED) is 0.765. The van der Waals surface area contributed by atoms with Gasteiger partial charge in [0.1, 0.15) is 6.33 Å². The molecule has 0 aromatic carbocycles. The predicted octanol–water partition coefficient (Wildman–Crippen LogP) is 1.95. The minimum atomic E-state index is 0.0959. The van der Waals surface area contributed by atoms with Gasteiger partial charge in [-0.15, -0.1) is 0 Å². The molecule has 0 N–H and O–H groups in total. The summed E-state index contributed by atoms with van der Waals surface area (Å²) in [6.07, 6.45) is 1.41. The van der Waals surface area contributed by atoms with E-state index in [0.717, 1.165) is 5.56 Å². The van der Waals surface area contributed by atoms with Crippen LogP contribution in [0, 0.1) is 0 Å². The SMILES string of the molecule is COc1ncnc(OC)c1C(C)Br. The summed E-state index contributed by atoms with van der Waals surface area (Å²) in [7, 11) is 3.14. The highest BCUT2D eigenvalue weighted by atomic mass is 79.9. The molecule has 0 fully saturated rings. The van der Waals surface area contributed by atoms with E-state index in [2.05, 4.69) is 25.9 Å². The van der Waals surface area contributed by atoms with Gasteiger partial charge in [-0.2, -0.15) is 0 Å². The number of methoxy groups -OCH3 is 2. The standard InChI is InChI=1S/C8H11BrN2O2/c1-5(9)6-7(12-2)10-4-11-8(6)13-3/h4-5H,1-3H3. The van der Waals surface area contributed by atoms with Crippen LogP contribution in [-0.2, 0) is 0 Å². The van der Waals surface area contributed by atoms with Gasteiger partial charge in [0.15, 0.2) is 0 Å². The Balaban J connectivity index is 3.21. The normalized spacial score (nSPS) is 12.3. The van der Waals surface area contributed by atoms with Crippen molar-refractivity contribution < 1.29 is 9.47 Å². The summed E-state index contributed by atoms with van der Waals surface area (Å²) in [5.41, 5.74) is 0.826. The highest BCUT2D eigenvalue weighted by Crippen LogP contribution is 2.34. The lowest BCUT2D eigenvalue weighted by atomic mass is 10.2. The van der Waals surface area contributed by atoms with Gasteiger partial charge >= 0.3 is 0 Å². The largest absolute Gasteiger partial charge is 0.481 e. The van der Waals surface area contributed by atoms with Crippen LogP contribution in [0.3, 0.4) is 0 Å². The van der Waals surface area contributed by atoms with E-state index in [4.69, 9.17) is 9.47 Å². The summed E-state index contributed by atoms with van der Waals surface area (Å²) in [5.74, 6) is 1.08. The zero-order valence-corrected chi connectivity index (χ0v) is 9.33. The lowest BCUT2D eigenvalue weighted by molar-refractivity contribution is 0.363. The molecule has 0 aliphatic carbocycles. The Morgan fingerprint density at radius 3 is 2.00 bits per heavy atom. The summed E-state index contributed by atoms with van der Waals surface area (Å²) in [5, 5.41) is 0. The fraction of sp³-hybridized carbons (Fsp3) is 0.500. The van der Waals surface area contributed by atoms with Crippen LogP contribution in [0.1, 0.15) is 17.3 Å². The molecule has 0 amide bonds. The first-order valence-corrected chi connectivity index (χ1v) is 4.69. The van der Waals surface area contributed by atoms with Gasteiger partial charge in [-0.05, 0) is 6.92 Å². The number of ether oxygens (including phenoxy) is 2. The number of aromatic nitrogens is 2. The first kappa shape index (κ1) is 10.2. The number of halogens is 1. The Morgan fingerprint density at radius 2 is 1.69 bits per heavy atom. The van der Waals surface area contributed by atoms with E-state index in [1.165, 1.54) is 6.33 Å². The van der Waals surface area contributed by atoms with Gasteiger partial charge in [0.25, 0.3) is 0 Å². The average Bonchev–Trinajstić information content (AvgIpc) is 2.16. The maximum absolute atomic E-state index is 5.09. The molecular weight excluding hydrogens is 236 g/mol. The molecule has 72 valence electrons. The predicted molar refractivity (Wildman–Crippen MR) is 52.5 cm³/mol. The zero-order valence-electron chi connectivity index (χ0n) is 7.74. The van der Waals surface area contributed by atoms with Crippen LogP contribution in [-0.4, -0.2) is 24.2 Å². The van der Waals surface area contributed by atoms with Crippen molar-refractivity contribution in [2.45, 2.75) is 11.8 Å². The number of rotatable bonds is 3. The molecule has 0 saturated heterocycles. The molecule has 1 aromatic heterocycles. The summed E-state index contributed by atoms with van der Waals surface area (Å²) in [4.78, 5) is 8.06. The molecule has 0 bridgehead atoms. The molecule has 1 aromatic rings. The molecule has 1 heterocycles. The Bertz CT molecular complexity index is 269. The summed E-state index contributed by atoms with van der Waals surface area (Å²) in [6.45, 7) is 1.96. The van der Waals surface area contributed by atoms with Crippen molar-refractivity contribution in [1.29, 1.82) is 0 Å². The van der Waals surface area contributed by atoms with Crippen molar-refractivity contribution in [3.63, 3.8) is 0 Å². The average molecular weight is 247 g/mol.